The van der Waals surface area contributed by atoms with Gasteiger partial charge in [0.15, 0.2) is 0 Å². The predicted molar refractivity (Wildman–Crippen MR) is 68.2 cm³/mol. The van der Waals surface area contributed by atoms with Crippen molar-refractivity contribution >= 4 is 0 Å². The number of hydrogen-bond acceptors (Lipinski definition) is 2. The molecule has 94 valence electrons. The molecule has 1 atom stereocenters. The number of likely N-dealkylation sites (tertiary alicyclic amines) is 1. The molecule has 0 radical (unpaired) electrons. The Kier molecular flexibility index (Phi) is 4.51. The van der Waals surface area contributed by atoms with E-state index in [1.165, 1.54) is 12.8 Å². The average molecular weight is 236 g/mol. The first kappa shape index (κ1) is 12.5. The summed E-state index contributed by atoms with van der Waals surface area (Å²) < 4.78 is 13.9. The third-order valence-corrected chi connectivity index (χ3v) is 3.53. The second-order valence-electron chi connectivity index (χ2n) is 4.71. The summed E-state index contributed by atoms with van der Waals surface area (Å²) in [5.41, 5.74) is 6.42. The van der Waals surface area contributed by atoms with Gasteiger partial charge in [0.2, 0.25) is 0 Å². The molecule has 17 heavy (non-hydrogen) atoms. The third-order valence-electron chi connectivity index (χ3n) is 3.53. The normalized spacial score (nSPS) is 18.5. The zero-order valence-corrected chi connectivity index (χ0v) is 10.2. The van der Waals surface area contributed by atoms with Crippen LogP contribution in [0.2, 0.25) is 0 Å². The van der Waals surface area contributed by atoms with Gasteiger partial charge in [0.05, 0.1) is 0 Å². The molecule has 1 aliphatic rings. The molecule has 2 nitrogen and oxygen atoms in total. The lowest BCUT2D eigenvalue weighted by molar-refractivity contribution is 0.226. The van der Waals surface area contributed by atoms with Crippen molar-refractivity contribution in [1.82, 2.24) is 4.90 Å². The molecule has 2 N–H and O–H groups in total. The van der Waals surface area contributed by atoms with Gasteiger partial charge in [-0.3, -0.25) is 4.90 Å². The summed E-state index contributed by atoms with van der Waals surface area (Å²) in [5.74, 6) is -0.0820. The summed E-state index contributed by atoms with van der Waals surface area (Å²) in [4.78, 5) is 2.40. The highest BCUT2D eigenvalue weighted by atomic mass is 19.1. The molecule has 1 unspecified atom stereocenters. The van der Waals surface area contributed by atoms with Gasteiger partial charge in [-0.15, -0.1) is 0 Å². The van der Waals surface area contributed by atoms with Crippen molar-refractivity contribution in [2.24, 2.45) is 5.73 Å². The summed E-state index contributed by atoms with van der Waals surface area (Å²) in [5, 5.41) is 0. The lowest BCUT2D eigenvalue weighted by Crippen LogP contribution is -2.27. The van der Waals surface area contributed by atoms with Gasteiger partial charge in [-0.1, -0.05) is 18.2 Å². The number of hydrogen-bond donors (Lipinski definition) is 1. The van der Waals surface area contributed by atoms with E-state index < -0.39 is 0 Å². The summed E-state index contributed by atoms with van der Waals surface area (Å²) in [6.45, 7) is 2.85. The molecule has 1 fully saturated rings. The van der Waals surface area contributed by atoms with Gasteiger partial charge < -0.3 is 5.73 Å². The van der Waals surface area contributed by atoms with Crippen molar-refractivity contribution in [2.75, 3.05) is 19.6 Å². The van der Waals surface area contributed by atoms with E-state index in [0.717, 1.165) is 31.5 Å². The van der Waals surface area contributed by atoms with E-state index in [0.29, 0.717) is 6.54 Å². The fourth-order valence-electron chi connectivity index (χ4n) is 2.64. The van der Waals surface area contributed by atoms with E-state index in [1.807, 2.05) is 12.1 Å². The minimum absolute atomic E-state index is 0.0820. The summed E-state index contributed by atoms with van der Waals surface area (Å²) in [6.07, 6.45) is 4.37. The number of nitrogens with two attached hydrogens (primary N) is 1. The van der Waals surface area contributed by atoms with Gasteiger partial charge >= 0.3 is 0 Å². The monoisotopic (exact) mass is 236 g/mol. The van der Waals surface area contributed by atoms with E-state index in [1.54, 1.807) is 12.1 Å². The van der Waals surface area contributed by atoms with E-state index in [-0.39, 0.29) is 11.9 Å². The van der Waals surface area contributed by atoms with Crippen LogP contribution in [0.5, 0.6) is 0 Å². The van der Waals surface area contributed by atoms with E-state index in [4.69, 9.17) is 5.73 Å². The highest BCUT2D eigenvalue weighted by Crippen LogP contribution is 2.30. The predicted octanol–water partition coefficient (Wildman–Crippen LogP) is 2.70. The van der Waals surface area contributed by atoms with E-state index in [2.05, 4.69) is 4.90 Å². The molecule has 1 aliphatic heterocycles. The van der Waals surface area contributed by atoms with Gasteiger partial charge in [0.1, 0.15) is 5.82 Å². The van der Waals surface area contributed by atoms with Crippen LogP contribution in [0, 0.1) is 5.82 Å². The molecular formula is C14H21FN2. The zero-order valence-electron chi connectivity index (χ0n) is 10.2. The number of nitrogens with zero attached hydrogens (tertiary/aromatic N) is 1. The first-order chi connectivity index (χ1) is 8.33. The fourth-order valence-corrected chi connectivity index (χ4v) is 2.64. The van der Waals surface area contributed by atoms with Crippen LogP contribution >= 0.6 is 0 Å². The Morgan fingerprint density at radius 1 is 1.24 bits per heavy atom. The average Bonchev–Trinajstić information content (AvgIpc) is 2.85. The maximum absolute atomic E-state index is 13.9. The van der Waals surface area contributed by atoms with Crippen LogP contribution in [0.3, 0.4) is 0 Å². The van der Waals surface area contributed by atoms with Gasteiger partial charge in [0.25, 0.3) is 0 Å². The molecule has 1 saturated heterocycles. The maximum atomic E-state index is 13.9. The summed E-state index contributed by atoms with van der Waals surface area (Å²) in [7, 11) is 0. The van der Waals surface area contributed by atoms with Crippen LogP contribution in [0.15, 0.2) is 24.3 Å². The smallest absolute Gasteiger partial charge is 0.127 e. The molecule has 0 saturated carbocycles. The SMILES string of the molecule is NCCCC(c1ccccc1F)N1CCCC1. The van der Waals surface area contributed by atoms with Gasteiger partial charge in [-0.05, 0) is 51.4 Å². The second-order valence-corrected chi connectivity index (χ2v) is 4.71. The first-order valence-electron chi connectivity index (χ1n) is 6.51. The molecular weight excluding hydrogens is 215 g/mol. The van der Waals surface area contributed by atoms with E-state index in [9.17, 15) is 4.39 Å². The molecule has 0 bridgehead atoms. The zero-order chi connectivity index (χ0) is 12.1. The third kappa shape index (κ3) is 3.05. The van der Waals surface area contributed by atoms with Crippen LogP contribution in [0.1, 0.15) is 37.3 Å². The van der Waals surface area contributed by atoms with Crippen LogP contribution in [0.25, 0.3) is 0 Å². The first-order valence-corrected chi connectivity index (χ1v) is 6.51. The topological polar surface area (TPSA) is 29.3 Å². The highest BCUT2D eigenvalue weighted by molar-refractivity contribution is 5.21. The highest BCUT2D eigenvalue weighted by Gasteiger charge is 2.24. The Morgan fingerprint density at radius 2 is 1.94 bits per heavy atom. The van der Waals surface area contributed by atoms with Crippen LogP contribution in [-0.4, -0.2) is 24.5 Å². The van der Waals surface area contributed by atoms with Crippen molar-refractivity contribution in [1.29, 1.82) is 0 Å². The van der Waals surface area contributed by atoms with Crippen molar-refractivity contribution in [3.8, 4) is 0 Å². The minimum Gasteiger partial charge on any atom is -0.330 e. The van der Waals surface area contributed by atoms with Crippen molar-refractivity contribution < 1.29 is 4.39 Å². The molecule has 3 heteroatoms. The van der Waals surface area contributed by atoms with E-state index >= 15 is 0 Å². The molecule has 0 spiro atoms. The lowest BCUT2D eigenvalue weighted by atomic mass is 10.00. The minimum atomic E-state index is -0.0820. The quantitative estimate of drug-likeness (QED) is 0.851. The summed E-state index contributed by atoms with van der Waals surface area (Å²) in [6, 6.07) is 7.35. The fraction of sp³-hybridized carbons (Fsp3) is 0.571. The molecule has 1 aromatic carbocycles. The van der Waals surface area contributed by atoms with Crippen LogP contribution in [-0.2, 0) is 0 Å². The Balaban J connectivity index is 2.16. The molecule has 0 aromatic heterocycles. The molecule has 0 aliphatic carbocycles. The maximum Gasteiger partial charge on any atom is 0.127 e. The van der Waals surface area contributed by atoms with Crippen molar-refractivity contribution in [3.63, 3.8) is 0 Å². The molecule has 2 rings (SSSR count). The molecule has 0 amide bonds. The second kappa shape index (κ2) is 6.12. The van der Waals surface area contributed by atoms with Crippen LogP contribution < -0.4 is 5.73 Å². The molecule has 1 heterocycles. The van der Waals surface area contributed by atoms with Gasteiger partial charge in [0, 0.05) is 11.6 Å². The number of halogens is 1. The Hall–Kier alpha value is -0.930. The van der Waals surface area contributed by atoms with Crippen LogP contribution in [0.4, 0.5) is 4.39 Å². The Labute approximate surface area is 103 Å². The Bertz CT molecular complexity index is 348. The molecule has 1 aromatic rings. The lowest BCUT2D eigenvalue weighted by Gasteiger charge is -2.28. The number of rotatable bonds is 5. The standard InChI is InChI=1S/C14H21FN2/c15-13-7-2-1-6-12(13)14(8-5-9-16)17-10-3-4-11-17/h1-2,6-7,14H,3-5,8-11,16H2. The van der Waals surface area contributed by atoms with Gasteiger partial charge in [-0.2, -0.15) is 0 Å². The van der Waals surface area contributed by atoms with Crippen molar-refractivity contribution in [3.05, 3.63) is 35.6 Å². The van der Waals surface area contributed by atoms with Gasteiger partial charge in [-0.25, -0.2) is 4.39 Å². The Morgan fingerprint density at radius 3 is 2.59 bits per heavy atom. The summed E-state index contributed by atoms with van der Waals surface area (Å²) >= 11 is 0. The number of benzene rings is 1. The van der Waals surface area contributed by atoms with Crippen molar-refractivity contribution in [2.45, 2.75) is 31.7 Å². The largest absolute Gasteiger partial charge is 0.330 e.